The molecule has 21 heavy (non-hydrogen) atoms. The molecule has 3 rings (SSSR count). The lowest BCUT2D eigenvalue weighted by Gasteiger charge is -2.22. The number of carbonyl (C=O) groups is 1. The number of benzene rings is 1. The van der Waals surface area contributed by atoms with Gasteiger partial charge in [-0.3, -0.25) is 4.79 Å². The summed E-state index contributed by atoms with van der Waals surface area (Å²) < 4.78 is 5.41. The standard InChI is InChI=1S/C15H17N3O2S/c19-14(13-9-16-6-7-20-13)17-8-12-10-21-15(18-12)11-4-2-1-3-5-11/h1-5,10,13,16H,6-9H2,(H,17,19). The third-order valence-electron chi connectivity index (χ3n) is 3.24. The summed E-state index contributed by atoms with van der Waals surface area (Å²) >= 11 is 1.58. The van der Waals surface area contributed by atoms with Gasteiger partial charge in [0.15, 0.2) is 0 Å². The summed E-state index contributed by atoms with van der Waals surface area (Å²) in [5, 5.41) is 8.96. The van der Waals surface area contributed by atoms with Crippen molar-refractivity contribution in [1.29, 1.82) is 0 Å². The summed E-state index contributed by atoms with van der Waals surface area (Å²) in [5.41, 5.74) is 1.97. The molecule has 1 aliphatic rings. The van der Waals surface area contributed by atoms with Crippen molar-refractivity contribution in [3.63, 3.8) is 0 Å². The van der Waals surface area contributed by atoms with Gasteiger partial charge in [0.2, 0.25) is 0 Å². The van der Waals surface area contributed by atoms with E-state index in [1.54, 1.807) is 11.3 Å². The molecule has 1 unspecified atom stereocenters. The molecule has 0 bridgehead atoms. The van der Waals surface area contributed by atoms with Crippen LogP contribution in [-0.2, 0) is 16.1 Å². The Morgan fingerprint density at radius 3 is 3.05 bits per heavy atom. The number of thiazole rings is 1. The van der Waals surface area contributed by atoms with E-state index in [1.807, 2.05) is 35.7 Å². The van der Waals surface area contributed by atoms with Crippen LogP contribution < -0.4 is 10.6 Å². The average Bonchev–Trinajstić information content (AvgIpc) is 3.03. The molecule has 0 saturated carbocycles. The van der Waals surface area contributed by atoms with E-state index >= 15 is 0 Å². The largest absolute Gasteiger partial charge is 0.366 e. The van der Waals surface area contributed by atoms with Crippen LogP contribution in [0.2, 0.25) is 0 Å². The van der Waals surface area contributed by atoms with Crippen molar-refractivity contribution in [2.24, 2.45) is 0 Å². The number of hydrogen-bond donors (Lipinski definition) is 2. The van der Waals surface area contributed by atoms with Crippen molar-refractivity contribution in [2.45, 2.75) is 12.6 Å². The van der Waals surface area contributed by atoms with Gasteiger partial charge in [0, 0.05) is 24.0 Å². The number of morpholine rings is 1. The Labute approximate surface area is 127 Å². The van der Waals surface area contributed by atoms with Crippen LogP contribution in [0.25, 0.3) is 10.6 Å². The maximum Gasteiger partial charge on any atom is 0.250 e. The maximum absolute atomic E-state index is 11.9. The van der Waals surface area contributed by atoms with Crippen molar-refractivity contribution in [3.05, 3.63) is 41.4 Å². The molecule has 2 N–H and O–H groups in total. The highest BCUT2D eigenvalue weighted by molar-refractivity contribution is 7.13. The van der Waals surface area contributed by atoms with Crippen molar-refractivity contribution >= 4 is 17.2 Å². The first-order valence-corrected chi connectivity index (χ1v) is 7.81. The summed E-state index contributed by atoms with van der Waals surface area (Å²) in [6.45, 7) is 2.38. The van der Waals surface area contributed by atoms with E-state index < -0.39 is 6.10 Å². The van der Waals surface area contributed by atoms with Gasteiger partial charge >= 0.3 is 0 Å². The summed E-state index contributed by atoms with van der Waals surface area (Å²) in [4.78, 5) is 16.5. The second kappa shape index (κ2) is 6.80. The van der Waals surface area contributed by atoms with E-state index in [2.05, 4.69) is 15.6 Å². The minimum atomic E-state index is -0.397. The predicted octanol–water partition coefficient (Wildman–Crippen LogP) is 1.41. The molecule has 110 valence electrons. The highest BCUT2D eigenvalue weighted by atomic mass is 32.1. The van der Waals surface area contributed by atoms with E-state index in [4.69, 9.17) is 4.74 Å². The Kier molecular flexibility index (Phi) is 4.59. The molecular weight excluding hydrogens is 286 g/mol. The third-order valence-corrected chi connectivity index (χ3v) is 4.18. The fourth-order valence-corrected chi connectivity index (χ4v) is 2.95. The van der Waals surface area contributed by atoms with E-state index in [9.17, 15) is 4.79 Å². The highest BCUT2D eigenvalue weighted by Crippen LogP contribution is 2.23. The molecule has 0 spiro atoms. The van der Waals surface area contributed by atoms with Crippen LogP contribution in [0.5, 0.6) is 0 Å². The van der Waals surface area contributed by atoms with Gasteiger partial charge in [-0.25, -0.2) is 4.98 Å². The first-order chi connectivity index (χ1) is 10.3. The molecule has 1 aromatic heterocycles. The Morgan fingerprint density at radius 1 is 1.43 bits per heavy atom. The minimum absolute atomic E-state index is 0.0866. The summed E-state index contributed by atoms with van der Waals surface area (Å²) in [6.07, 6.45) is -0.397. The molecule has 5 nitrogen and oxygen atoms in total. The smallest absolute Gasteiger partial charge is 0.250 e. The first kappa shape index (κ1) is 14.2. The van der Waals surface area contributed by atoms with Crippen molar-refractivity contribution in [2.75, 3.05) is 19.7 Å². The zero-order chi connectivity index (χ0) is 14.5. The topological polar surface area (TPSA) is 63.2 Å². The summed E-state index contributed by atoms with van der Waals surface area (Å²) in [5.74, 6) is -0.0866. The Bertz CT molecular complexity index is 594. The number of aromatic nitrogens is 1. The van der Waals surface area contributed by atoms with E-state index in [1.165, 1.54) is 0 Å². The maximum atomic E-state index is 11.9. The van der Waals surface area contributed by atoms with E-state index in [-0.39, 0.29) is 5.91 Å². The fraction of sp³-hybridized carbons (Fsp3) is 0.333. The van der Waals surface area contributed by atoms with Crippen LogP contribution in [0.4, 0.5) is 0 Å². The minimum Gasteiger partial charge on any atom is -0.366 e. The molecule has 1 saturated heterocycles. The van der Waals surface area contributed by atoms with Crippen molar-refractivity contribution in [3.8, 4) is 10.6 Å². The highest BCUT2D eigenvalue weighted by Gasteiger charge is 2.21. The number of amides is 1. The first-order valence-electron chi connectivity index (χ1n) is 6.93. The molecular formula is C15H17N3O2S. The Morgan fingerprint density at radius 2 is 2.29 bits per heavy atom. The molecule has 1 fully saturated rings. The number of ether oxygens (including phenoxy) is 1. The van der Waals surface area contributed by atoms with E-state index in [0.717, 1.165) is 22.8 Å². The van der Waals surface area contributed by atoms with Gasteiger partial charge in [-0.2, -0.15) is 0 Å². The average molecular weight is 303 g/mol. The normalized spacial score (nSPS) is 18.4. The van der Waals surface area contributed by atoms with Gasteiger partial charge in [0.1, 0.15) is 11.1 Å². The van der Waals surface area contributed by atoms with Gasteiger partial charge in [-0.1, -0.05) is 30.3 Å². The third kappa shape index (κ3) is 3.66. The molecule has 2 heterocycles. The van der Waals surface area contributed by atoms with Crippen LogP contribution in [0.3, 0.4) is 0 Å². The number of nitrogens with one attached hydrogen (secondary N) is 2. The van der Waals surface area contributed by atoms with Crippen LogP contribution in [0.1, 0.15) is 5.69 Å². The van der Waals surface area contributed by atoms with Gasteiger partial charge in [0.05, 0.1) is 18.8 Å². The van der Waals surface area contributed by atoms with Gasteiger partial charge in [0.25, 0.3) is 5.91 Å². The number of hydrogen-bond acceptors (Lipinski definition) is 5. The van der Waals surface area contributed by atoms with Gasteiger partial charge in [-0.05, 0) is 0 Å². The lowest BCUT2D eigenvalue weighted by Crippen LogP contribution is -2.47. The lowest BCUT2D eigenvalue weighted by molar-refractivity contribution is -0.134. The summed E-state index contributed by atoms with van der Waals surface area (Å²) in [7, 11) is 0. The lowest BCUT2D eigenvalue weighted by atomic mass is 10.2. The second-order valence-corrected chi connectivity index (χ2v) is 5.65. The second-order valence-electron chi connectivity index (χ2n) is 4.79. The van der Waals surface area contributed by atoms with Crippen LogP contribution in [0.15, 0.2) is 35.7 Å². The van der Waals surface area contributed by atoms with Crippen molar-refractivity contribution in [1.82, 2.24) is 15.6 Å². The molecule has 1 atom stereocenters. The van der Waals surface area contributed by atoms with Gasteiger partial charge < -0.3 is 15.4 Å². The Hall–Kier alpha value is -1.76. The van der Waals surface area contributed by atoms with Crippen molar-refractivity contribution < 1.29 is 9.53 Å². The molecule has 1 amide bonds. The van der Waals surface area contributed by atoms with Crippen LogP contribution in [0, 0.1) is 0 Å². The van der Waals surface area contributed by atoms with Gasteiger partial charge in [-0.15, -0.1) is 11.3 Å². The summed E-state index contributed by atoms with van der Waals surface area (Å²) in [6, 6.07) is 10.0. The van der Waals surface area contributed by atoms with Crippen LogP contribution >= 0.6 is 11.3 Å². The van der Waals surface area contributed by atoms with E-state index in [0.29, 0.717) is 19.7 Å². The molecule has 6 heteroatoms. The zero-order valence-corrected chi connectivity index (χ0v) is 12.4. The molecule has 0 aliphatic carbocycles. The van der Waals surface area contributed by atoms with Crippen LogP contribution in [-0.4, -0.2) is 36.7 Å². The SMILES string of the molecule is O=C(NCc1csc(-c2ccccc2)n1)C1CNCCO1. The predicted molar refractivity (Wildman–Crippen MR) is 82.0 cm³/mol. The Balaban J connectivity index is 1.56. The molecule has 1 aromatic carbocycles. The molecule has 1 aliphatic heterocycles. The fourth-order valence-electron chi connectivity index (χ4n) is 2.13. The monoisotopic (exact) mass is 303 g/mol. The quantitative estimate of drug-likeness (QED) is 0.896. The molecule has 2 aromatic rings. The number of carbonyl (C=O) groups excluding carboxylic acids is 1. The molecule has 0 radical (unpaired) electrons. The number of rotatable bonds is 4. The zero-order valence-electron chi connectivity index (χ0n) is 11.5. The number of nitrogens with zero attached hydrogens (tertiary/aromatic N) is 1.